The molecule has 5 N–H and O–H groups in total. The molecule has 4 fully saturated rings. The number of ketones is 2. The van der Waals surface area contributed by atoms with Gasteiger partial charge in [0.2, 0.25) is 0 Å². The van der Waals surface area contributed by atoms with Gasteiger partial charge in [-0.05, 0) is 88.2 Å². The number of Topliss-reactive ketones (excluding diaryl/α,β-unsaturated/α-hetero) is 2. The first-order valence-corrected chi connectivity index (χ1v) is 27.7. The molecule has 0 radical (unpaired) electrons. The number of aliphatic hydroxyl groups excluding tert-OH is 3. The molecule has 3 saturated heterocycles. The molecule has 1 aliphatic carbocycles. The monoisotopic (exact) mass is 1090 g/mol. The number of hydrogen-bond donors (Lipinski definition) is 5. The van der Waals surface area contributed by atoms with E-state index < -0.39 is 156 Å². The number of carbonyl (C=O) groups excluding carboxylic acids is 4. The molecule has 3 aliphatic heterocycles. The molecule has 438 valence electrons. The minimum atomic E-state index is -1.94. The van der Waals surface area contributed by atoms with Crippen LogP contribution in [0.5, 0.6) is 0 Å². The second-order valence-electron chi connectivity index (χ2n) is 23.7. The first-order chi connectivity index (χ1) is 36.0. The van der Waals surface area contributed by atoms with Crippen LogP contribution in [-0.4, -0.2) is 162 Å². The first-order valence-electron chi connectivity index (χ1n) is 27.7. The van der Waals surface area contributed by atoms with Crippen LogP contribution < -0.4 is 5.32 Å². The van der Waals surface area contributed by atoms with Gasteiger partial charge in [-0.2, -0.15) is 0 Å². The minimum Gasteiger partial charge on any atom is -0.461 e. The second kappa shape index (κ2) is 27.8. The van der Waals surface area contributed by atoms with Crippen LogP contribution in [0.15, 0.2) is 42.5 Å². The SMILES string of the molecule is C=C1C[C@@H](C)O[C@@H](O[C@@H]2[C@@H](C)[C@H](O[C@H]3C[C@@](C)(O)[C@@H](O)[C@H](C)O3)[C@@H](C)C(=O)C[C@H]([C@@H](C)CO[C@@H]3O[C@H](C)[C@@H](O)[C@@H](OC)[C@H]3OC)[C@H](C)[C@@H](OC(=O)CC(C)C)[C@@H](C)C(=O)[C@@](C)(OC(=O)NCc3ccccc3)C[C@@H]2C)[C@@H]1O. The van der Waals surface area contributed by atoms with Gasteiger partial charge in [-0.3, -0.25) is 14.4 Å². The zero-order valence-electron chi connectivity index (χ0n) is 48.2. The number of aliphatic hydroxyl groups is 4. The predicted molar refractivity (Wildman–Crippen MR) is 283 cm³/mol. The summed E-state index contributed by atoms with van der Waals surface area (Å²) >= 11 is 0. The van der Waals surface area contributed by atoms with Gasteiger partial charge in [0.15, 0.2) is 30.3 Å². The quantitative estimate of drug-likeness (QED) is 0.0910. The highest BCUT2D eigenvalue weighted by Crippen LogP contribution is 2.43. The fraction of sp³-hybridized carbons (Fsp3) is 0.793. The number of benzene rings is 1. The summed E-state index contributed by atoms with van der Waals surface area (Å²) in [5.41, 5.74) is -2.31. The third-order valence-electron chi connectivity index (χ3n) is 16.6. The van der Waals surface area contributed by atoms with Crippen molar-refractivity contribution in [2.24, 2.45) is 47.3 Å². The van der Waals surface area contributed by atoms with Crippen molar-refractivity contribution in [3.05, 3.63) is 48.0 Å². The summed E-state index contributed by atoms with van der Waals surface area (Å²) in [7, 11) is 2.92. The Hall–Kier alpha value is -3.44. The molecule has 1 aromatic rings. The van der Waals surface area contributed by atoms with E-state index in [2.05, 4.69) is 11.9 Å². The maximum atomic E-state index is 15.8. The van der Waals surface area contributed by atoms with E-state index >= 15 is 9.59 Å². The molecule has 0 unspecified atom stereocenters. The topological polar surface area (TPSA) is 254 Å². The second-order valence-corrected chi connectivity index (χ2v) is 23.7. The lowest BCUT2D eigenvalue weighted by Gasteiger charge is -2.47. The van der Waals surface area contributed by atoms with E-state index in [1.165, 1.54) is 28.1 Å². The van der Waals surface area contributed by atoms with Crippen LogP contribution in [-0.2, 0) is 68.3 Å². The van der Waals surface area contributed by atoms with Gasteiger partial charge in [-0.15, -0.1) is 0 Å². The summed E-state index contributed by atoms with van der Waals surface area (Å²) in [6.07, 6.45) is -14.7. The van der Waals surface area contributed by atoms with Gasteiger partial charge in [0.05, 0.1) is 48.6 Å². The summed E-state index contributed by atoms with van der Waals surface area (Å²) in [6.45, 7) is 26.8. The highest BCUT2D eigenvalue weighted by molar-refractivity contribution is 5.91. The smallest absolute Gasteiger partial charge is 0.408 e. The largest absolute Gasteiger partial charge is 0.461 e. The molecule has 0 bridgehead atoms. The fourth-order valence-electron chi connectivity index (χ4n) is 12.1. The lowest BCUT2D eigenvalue weighted by molar-refractivity contribution is -0.304. The van der Waals surface area contributed by atoms with Crippen molar-refractivity contribution in [1.29, 1.82) is 0 Å². The van der Waals surface area contributed by atoms with Gasteiger partial charge >= 0.3 is 12.1 Å². The summed E-state index contributed by atoms with van der Waals surface area (Å²) in [5, 5.41) is 47.7. The number of esters is 1. The normalized spacial score (nSPS) is 41.3. The molecule has 19 nitrogen and oxygen atoms in total. The number of ether oxygens (including phenoxy) is 10. The number of carbonyl (C=O) groups is 4. The van der Waals surface area contributed by atoms with E-state index in [9.17, 15) is 30.0 Å². The van der Waals surface area contributed by atoms with Crippen molar-refractivity contribution >= 4 is 23.6 Å². The molecule has 1 amide bonds. The summed E-state index contributed by atoms with van der Waals surface area (Å²) in [5.74, 6) is -7.07. The third kappa shape index (κ3) is 16.2. The van der Waals surface area contributed by atoms with Crippen LogP contribution in [0.1, 0.15) is 128 Å². The Morgan fingerprint density at radius 2 is 1.43 bits per heavy atom. The standard InChI is InChI=1S/C58H93NO18/c1-29(2)22-43(61)74-48-34(7)41(32(5)28-70-55-51(69-16)50(68-15)46(63)38(11)73-55)24-42(60)35(8)49(75-44-26-57(13,67)53(65)39(12)72-44)36(9)47(76-54-45(62)30(3)23-33(6)71-54)31(4)25-58(14,52(64)37(48)10)77-56(66)59-27-40-20-18-17-19-21-40/h17-21,29,31-39,41,44-51,53-55,62-63,65,67H,3,22-28H2,1-2,4-16H3,(H,59,66)/t31-,32-,33+,34-,35-,36+,37+,38+,39-,41+,44-,45+,46+,47-,48+,49+,50+,51+,53-,54-,55+,57+,58-/m0/s1. The molecule has 4 aliphatic rings. The van der Waals surface area contributed by atoms with Crippen molar-refractivity contribution in [2.75, 3.05) is 20.8 Å². The first kappa shape index (κ1) is 64.4. The average molecular weight is 1090 g/mol. The van der Waals surface area contributed by atoms with Crippen LogP contribution >= 0.6 is 0 Å². The summed E-state index contributed by atoms with van der Waals surface area (Å²) in [4.78, 5) is 59.4. The van der Waals surface area contributed by atoms with Crippen LogP contribution in [0.2, 0.25) is 0 Å². The van der Waals surface area contributed by atoms with Crippen LogP contribution in [0.4, 0.5) is 4.79 Å². The molecule has 19 heteroatoms. The van der Waals surface area contributed by atoms with E-state index in [4.69, 9.17) is 47.4 Å². The van der Waals surface area contributed by atoms with Crippen LogP contribution in [0.25, 0.3) is 0 Å². The van der Waals surface area contributed by atoms with E-state index in [0.29, 0.717) is 12.0 Å². The molecule has 1 aromatic carbocycles. The Balaban J connectivity index is 1.69. The van der Waals surface area contributed by atoms with Crippen molar-refractivity contribution in [3.63, 3.8) is 0 Å². The highest BCUT2D eigenvalue weighted by atomic mass is 16.7. The van der Waals surface area contributed by atoms with Gasteiger partial charge in [0.1, 0.15) is 42.4 Å². The maximum Gasteiger partial charge on any atom is 0.408 e. The average Bonchev–Trinajstić information content (AvgIpc) is 3.36. The van der Waals surface area contributed by atoms with Gasteiger partial charge in [0.25, 0.3) is 0 Å². The van der Waals surface area contributed by atoms with Crippen LogP contribution in [0.3, 0.4) is 0 Å². The van der Waals surface area contributed by atoms with Gasteiger partial charge in [-0.1, -0.05) is 92.3 Å². The molecule has 23 atom stereocenters. The predicted octanol–water partition coefficient (Wildman–Crippen LogP) is 6.22. The molecular weight excluding hydrogens is 999 g/mol. The zero-order chi connectivity index (χ0) is 57.4. The van der Waals surface area contributed by atoms with Crippen LogP contribution in [0, 0.1) is 47.3 Å². The molecule has 77 heavy (non-hydrogen) atoms. The molecule has 1 saturated carbocycles. The molecular formula is C58H93NO18. The molecule has 3 heterocycles. The number of amides is 1. The van der Waals surface area contributed by atoms with E-state index in [1.807, 2.05) is 78.8 Å². The van der Waals surface area contributed by atoms with E-state index in [-0.39, 0.29) is 50.5 Å². The van der Waals surface area contributed by atoms with Crippen molar-refractivity contribution in [3.8, 4) is 0 Å². The maximum absolute atomic E-state index is 15.8. The third-order valence-corrected chi connectivity index (χ3v) is 16.6. The number of hydrogen-bond acceptors (Lipinski definition) is 18. The Morgan fingerprint density at radius 3 is 2.04 bits per heavy atom. The fourth-order valence-corrected chi connectivity index (χ4v) is 12.1. The van der Waals surface area contributed by atoms with Crippen molar-refractivity contribution in [1.82, 2.24) is 5.32 Å². The lowest BCUT2D eigenvalue weighted by atomic mass is 9.69. The highest BCUT2D eigenvalue weighted by Gasteiger charge is 2.53. The Morgan fingerprint density at radius 1 is 0.779 bits per heavy atom. The lowest BCUT2D eigenvalue weighted by Crippen LogP contribution is -2.59. The molecule has 0 aromatic heterocycles. The van der Waals surface area contributed by atoms with Crippen molar-refractivity contribution < 1.29 is 87.0 Å². The number of rotatable bonds is 16. The minimum absolute atomic E-state index is 0.0275. The Labute approximate surface area is 456 Å². The zero-order valence-corrected chi connectivity index (χ0v) is 48.2. The Kier molecular flexibility index (Phi) is 23.3. The van der Waals surface area contributed by atoms with Crippen molar-refractivity contribution in [2.45, 2.75) is 226 Å². The summed E-state index contributed by atoms with van der Waals surface area (Å²) in [6, 6.07) is 9.20. The van der Waals surface area contributed by atoms with Gasteiger partial charge < -0.3 is 73.1 Å². The number of methoxy groups -OCH3 is 2. The molecule has 5 rings (SSSR count). The number of alkyl carbamates (subject to hydrolysis) is 1. The Bertz CT molecular complexity index is 2090. The van der Waals surface area contributed by atoms with Gasteiger partial charge in [0, 0.05) is 51.9 Å². The summed E-state index contributed by atoms with van der Waals surface area (Å²) < 4.78 is 63.0. The van der Waals surface area contributed by atoms with E-state index in [0.717, 1.165) is 5.56 Å². The number of nitrogens with one attached hydrogen (secondary N) is 1. The molecule has 0 spiro atoms. The van der Waals surface area contributed by atoms with E-state index in [1.54, 1.807) is 27.7 Å². The van der Waals surface area contributed by atoms with Gasteiger partial charge in [-0.25, -0.2) is 4.79 Å².